The third kappa shape index (κ3) is 3.07. The monoisotopic (exact) mass is 377 g/mol. The molecule has 0 aliphatic carbocycles. The number of rotatable bonds is 2. The zero-order chi connectivity index (χ0) is 18.4. The van der Waals surface area contributed by atoms with Crippen molar-refractivity contribution in [2.45, 2.75) is 19.1 Å². The van der Waals surface area contributed by atoms with E-state index in [1.165, 1.54) is 5.57 Å². The Balaban J connectivity index is 1.45. The lowest BCUT2D eigenvalue weighted by Crippen LogP contribution is -2.35. The van der Waals surface area contributed by atoms with Crippen molar-refractivity contribution in [2.24, 2.45) is 0 Å². The number of fused-ring (bicyclic) bond motifs is 2. The molecule has 6 heteroatoms. The van der Waals surface area contributed by atoms with Crippen LogP contribution in [0.5, 0.6) is 0 Å². The minimum absolute atomic E-state index is 0.0407. The molecule has 0 radical (unpaired) electrons. The number of benzene rings is 1. The lowest BCUT2D eigenvalue weighted by Gasteiger charge is -2.34. The molecule has 1 aromatic heterocycles. The molecule has 5 rings (SSSR count). The topological polar surface area (TPSA) is 58.4 Å². The Morgan fingerprint density at radius 2 is 2.30 bits per heavy atom. The van der Waals surface area contributed by atoms with Crippen molar-refractivity contribution in [3.05, 3.63) is 71.3 Å². The molecule has 5 nitrogen and oxygen atoms in total. The maximum Gasteiger partial charge on any atom is 0.252 e. The van der Waals surface area contributed by atoms with Gasteiger partial charge in [0, 0.05) is 25.7 Å². The molecule has 2 unspecified atom stereocenters. The number of amides is 1. The highest BCUT2D eigenvalue weighted by Gasteiger charge is 2.29. The zero-order valence-corrected chi connectivity index (χ0v) is 16.0. The predicted molar refractivity (Wildman–Crippen MR) is 108 cm³/mol. The third-order valence-corrected chi connectivity index (χ3v) is 6.61. The first-order chi connectivity index (χ1) is 13.2. The van der Waals surface area contributed by atoms with Crippen molar-refractivity contribution < 1.29 is 9.21 Å². The maximum absolute atomic E-state index is 12.8. The molecule has 27 heavy (non-hydrogen) atoms. The highest BCUT2D eigenvalue weighted by molar-refractivity contribution is 7.51. The van der Waals surface area contributed by atoms with Gasteiger partial charge in [-0.1, -0.05) is 32.9 Å². The van der Waals surface area contributed by atoms with Crippen LogP contribution in [0.15, 0.2) is 64.3 Å². The third-order valence-electron chi connectivity index (χ3n) is 5.10. The van der Waals surface area contributed by atoms with Crippen LogP contribution in [0.2, 0.25) is 0 Å². The normalized spacial score (nSPS) is 23.3. The fraction of sp³-hybridized carbons (Fsp3) is 0.238. The van der Waals surface area contributed by atoms with Gasteiger partial charge in [-0.15, -0.1) is 0 Å². The fourth-order valence-electron chi connectivity index (χ4n) is 3.73. The summed E-state index contributed by atoms with van der Waals surface area (Å²) in [5.41, 5.74) is 5.13. The Bertz CT molecular complexity index is 1060. The number of aromatic nitrogens is 1. The molecular weight excluding hydrogens is 357 g/mol. The number of aryl methyl sites for hydroxylation is 1. The van der Waals surface area contributed by atoms with Crippen LogP contribution in [0.25, 0.3) is 16.4 Å². The Morgan fingerprint density at radius 1 is 1.37 bits per heavy atom. The van der Waals surface area contributed by atoms with Crippen LogP contribution >= 0.6 is 8.58 Å². The largest absolute Gasteiger partial charge is 0.441 e. The Hall–Kier alpha value is -2.49. The zero-order valence-electron chi connectivity index (χ0n) is 15.0. The molecule has 3 aliphatic heterocycles. The molecule has 1 N–H and O–H groups in total. The summed E-state index contributed by atoms with van der Waals surface area (Å²) in [5.74, 6) is 0.791. The second kappa shape index (κ2) is 6.59. The van der Waals surface area contributed by atoms with E-state index in [9.17, 15) is 4.79 Å². The van der Waals surface area contributed by atoms with E-state index in [1.807, 2.05) is 36.2 Å². The van der Waals surface area contributed by atoms with Crippen LogP contribution in [0, 0.1) is 6.92 Å². The van der Waals surface area contributed by atoms with E-state index in [2.05, 4.69) is 28.5 Å². The summed E-state index contributed by atoms with van der Waals surface area (Å²) in [6.45, 7) is 3.73. The second-order valence-corrected chi connectivity index (χ2v) is 8.35. The summed E-state index contributed by atoms with van der Waals surface area (Å²) in [5, 5.41) is 4.40. The lowest BCUT2D eigenvalue weighted by molar-refractivity contribution is -0.123. The van der Waals surface area contributed by atoms with E-state index < -0.39 is 0 Å². The molecule has 4 heterocycles. The van der Waals surface area contributed by atoms with Gasteiger partial charge in [-0.2, -0.15) is 0 Å². The average molecular weight is 377 g/mol. The number of hydrogen-bond donors (Lipinski definition) is 1. The summed E-state index contributed by atoms with van der Waals surface area (Å²) >= 11 is 0. The Kier molecular flexibility index (Phi) is 4.07. The first kappa shape index (κ1) is 16.7. The van der Waals surface area contributed by atoms with Gasteiger partial charge in [-0.3, -0.25) is 4.79 Å². The molecule has 0 saturated carbocycles. The standard InChI is InChI=1S/C21H20N3O2P/c1-13-23-17-4-2-15(10-18(17)26-13)19-11-20(25)24-12-16(3-5-21(24)27-19)14-6-8-22-9-7-14/h2-6,10-12,21-22,27H,7-9H2,1H3. The summed E-state index contributed by atoms with van der Waals surface area (Å²) < 4.78 is 5.65. The quantitative estimate of drug-likeness (QED) is 0.811. The number of oxazole rings is 1. The van der Waals surface area contributed by atoms with Crippen LogP contribution in [0.3, 0.4) is 0 Å². The predicted octanol–water partition coefficient (Wildman–Crippen LogP) is 3.70. The fourth-order valence-corrected chi connectivity index (χ4v) is 5.11. The van der Waals surface area contributed by atoms with Crippen molar-refractivity contribution in [3.8, 4) is 0 Å². The highest BCUT2D eigenvalue weighted by Crippen LogP contribution is 2.45. The molecule has 2 aromatic rings. The SMILES string of the molecule is Cc1nc2ccc(C3=CC(=O)N4C=C(C5=CCNCC5)C=CC4P3)cc2o1. The van der Waals surface area contributed by atoms with Crippen LogP contribution in [-0.4, -0.2) is 34.7 Å². The van der Waals surface area contributed by atoms with Crippen LogP contribution in [0.4, 0.5) is 0 Å². The van der Waals surface area contributed by atoms with Gasteiger partial charge in [-0.05, 0) is 47.1 Å². The first-order valence-electron chi connectivity index (χ1n) is 9.16. The van der Waals surface area contributed by atoms with Gasteiger partial charge in [0.25, 0.3) is 5.91 Å². The van der Waals surface area contributed by atoms with E-state index in [-0.39, 0.29) is 11.7 Å². The molecular formula is C21H20N3O2P. The maximum atomic E-state index is 12.8. The number of nitrogens with zero attached hydrogens (tertiary/aromatic N) is 2. The van der Waals surface area contributed by atoms with Gasteiger partial charge < -0.3 is 14.6 Å². The Labute approximate surface area is 159 Å². The lowest BCUT2D eigenvalue weighted by atomic mass is 9.99. The van der Waals surface area contributed by atoms with Gasteiger partial charge >= 0.3 is 0 Å². The number of allylic oxidation sites excluding steroid dienone is 2. The van der Waals surface area contributed by atoms with Crippen molar-refractivity contribution in [1.29, 1.82) is 0 Å². The molecule has 0 saturated heterocycles. The summed E-state index contributed by atoms with van der Waals surface area (Å²) in [7, 11) is 0.503. The van der Waals surface area contributed by atoms with Gasteiger partial charge in [0.15, 0.2) is 11.5 Å². The second-order valence-electron chi connectivity index (χ2n) is 6.94. The molecule has 0 bridgehead atoms. The van der Waals surface area contributed by atoms with Gasteiger partial charge in [0.1, 0.15) is 5.52 Å². The van der Waals surface area contributed by atoms with Crippen LogP contribution in [0.1, 0.15) is 17.9 Å². The van der Waals surface area contributed by atoms with Gasteiger partial charge in [0.2, 0.25) is 0 Å². The van der Waals surface area contributed by atoms with E-state index in [0.717, 1.165) is 47.1 Å². The molecule has 1 amide bonds. The summed E-state index contributed by atoms with van der Waals surface area (Å²) in [6, 6.07) is 5.98. The van der Waals surface area contributed by atoms with Crippen molar-refractivity contribution in [3.63, 3.8) is 0 Å². The smallest absolute Gasteiger partial charge is 0.252 e. The minimum Gasteiger partial charge on any atom is -0.441 e. The van der Waals surface area contributed by atoms with Gasteiger partial charge in [0.05, 0.1) is 5.78 Å². The summed E-state index contributed by atoms with van der Waals surface area (Å²) in [6.07, 6.45) is 11.3. The van der Waals surface area contributed by atoms with Crippen molar-refractivity contribution >= 4 is 30.9 Å². The van der Waals surface area contributed by atoms with E-state index in [1.54, 1.807) is 6.08 Å². The number of nitrogens with one attached hydrogen (secondary N) is 1. The molecule has 136 valence electrons. The summed E-state index contributed by atoms with van der Waals surface area (Å²) in [4.78, 5) is 19.0. The van der Waals surface area contributed by atoms with E-state index in [0.29, 0.717) is 14.5 Å². The van der Waals surface area contributed by atoms with E-state index in [4.69, 9.17) is 4.42 Å². The molecule has 1 aromatic carbocycles. The number of carbonyl (C=O) groups excluding carboxylic acids is 1. The number of hydrogen-bond acceptors (Lipinski definition) is 4. The minimum atomic E-state index is 0.0407. The van der Waals surface area contributed by atoms with Crippen molar-refractivity contribution in [1.82, 2.24) is 15.2 Å². The van der Waals surface area contributed by atoms with Crippen molar-refractivity contribution in [2.75, 3.05) is 13.1 Å². The van der Waals surface area contributed by atoms with Crippen LogP contribution < -0.4 is 5.32 Å². The average Bonchev–Trinajstić information content (AvgIpc) is 3.07. The van der Waals surface area contributed by atoms with E-state index >= 15 is 0 Å². The van der Waals surface area contributed by atoms with Crippen LogP contribution in [-0.2, 0) is 4.79 Å². The molecule has 3 aliphatic rings. The molecule has 0 spiro atoms. The highest BCUT2D eigenvalue weighted by atomic mass is 31.1. The van der Waals surface area contributed by atoms with Gasteiger partial charge in [-0.25, -0.2) is 4.98 Å². The first-order valence-corrected chi connectivity index (χ1v) is 10.2. The molecule has 2 atom stereocenters. The number of carbonyl (C=O) groups is 1. The Morgan fingerprint density at radius 3 is 3.15 bits per heavy atom. The molecule has 0 fully saturated rings.